The maximum atomic E-state index is 12.5. The van der Waals surface area contributed by atoms with Gasteiger partial charge in [0.25, 0.3) is 5.91 Å². The smallest absolute Gasteiger partial charge is 0.381 e. The van der Waals surface area contributed by atoms with Gasteiger partial charge in [-0.05, 0) is 25.6 Å². The number of carbonyl (C=O) groups excluding carboxylic acids is 2. The molecule has 3 N–H and O–H groups in total. The number of rotatable bonds is 6. The Balaban J connectivity index is 1.85. The molecule has 2 amide bonds. The maximum Gasteiger partial charge on any atom is 0.381 e. The minimum absolute atomic E-state index is 0.132. The third-order valence-corrected chi connectivity index (χ3v) is 4.66. The number of hydrogen-bond acceptors (Lipinski definition) is 10. The van der Waals surface area contributed by atoms with Gasteiger partial charge in [0.2, 0.25) is 21.9 Å². The lowest BCUT2D eigenvalue weighted by molar-refractivity contribution is -0.117. The van der Waals surface area contributed by atoms with E-state index in [2.05, 4.69) is 20.5 Å². The van der Waals surface area contributed by atoms with Crippen LogP contribution in [0.5, 0.6) is 5.75 Å². The van der Waals surface area contributed by atoms with Gasteiger partial charge in [-0.25, -0.2) is 9.79 Å². The fraction of sp³-hybridized carbons (Fsp3) is 0.294. The maximum absolute atomic E-state index is 12.5. The largest absolute Gasteiger partial charge is 0.488 e. The van der Waals surface area contributed by atoms with Crippen molar-refractivity contribution in [3.8, 4) is 5.75 Å². The van der Waals surface area contributed by atoms with E-state index in [-0.39, 0.29) is 28.2 Å². The van der Waals surface area contributed by atoms with Crippen LogP contribution in [0.1, 0.15) is 30.3 Å². The quantitative estimate of drug-likeness (QED) is 0.668. The molecule has 152 valence electrons. The summed E-state index contributed by atoms with van der Waals surface area (Å²) in [5.41, 5.74) is 5.25. The Kier molecular flexibility index (Phi) is 6.02. The molecule has 0 atom stereocenters. The molecular weight excluding hydrogens is 400 g/mol. The van der Waals surface area contributed by atoms with E-state index >= 15 is 0 Å². The number of aliphatic imine (C=N–C) groups is 1. The molecule has 1 aliphatic rings. The Bertz CT molecular complexity index is 1060. The first-order valence-electron chi connectivity index (χ1n) is 8.54. The molecule has 0 bridgehead atoms. The highest BCUT2D eigenvalue weighted by Crippen LogP contribution is 2.30. The molecule has 1 saturated heterocycles. The summed E-state index contributed by atoms with van der Waals surface area (Å²) in [5, 5.41) is 10.6. The Morgan fingerprint density at radius 2 is 2.24 bits per heavy atom. The van der Waals surface area contributed by atoms with Gasteiger partial charge in [-0.15, -0.1) is 10.2 Å². The number of nitrogens with one attached hydrogen (secondary N) is 1. The Labute approximate surface area is 168 Å². The van der Waals surface area contributed by atoms with Gasteiger partial charge < -0.3 is 19.8 Å². The lowest BCUT2D eigenvalue weighted by Gasteiger charge is -2.18. The molecule has 29 heavy (non-hydrogen) atoms. The zero-order valence-electron chi connectivity index (χ0n) is 15.7. The van der Waals surface area contributed by atoms with Crippen LogP contribution in [0, 0.1) is 0 Å². The SMILES string of the molecule is COc1c(N2CCCC2=O)cc(C(=O)Nc2nnc(N=C(C)C=CN)s2)oc1=O. The van der Waals surface area contributed by atoms with E-state index in [1.165, 1.54) is 24.3 Å². The second-order valence-corrected chi connectivity index (χ2v) is 6.88. The van der Waals surface area contributed by atoms with Crippen molar-refractivity contribution < 1.29 is 18.7 Å². The van der Waals surface area contributed by atoms with Crippen LogP contribution < -0.4 is 26.3 Å². The second-order valence-electron chi connectivity index (χ2n) is 5.92. The van der Waals surface area contributed by atoms with Crippen molar-refractivity contribution >= 4 is 44.8 Å². The molecule has 3 heterocycles. The predicted octanol–water partition coefficient (Wildman–Crippen LogP) is 1.44. The van der Waals surface area contributed by atoms with Crippen molar-refractivity contribution in [1.82, 2.24) is 10.2 Å². The molecule has 3 rings (SSSR count). The van der Waals surface area contributed by atoms with Gasteiger partial charge in [-0.3, -0.25) is 14.9 Å². The highest BCUT2D eigenvalue weighted by atomic mass is 32.1. The molecular formula is C17H18N6O5S. The fourth-order valence-electron chi connectivity index (χ4n) is 2.67. The van der Waals surface area contributed by atoms with Gasteiger partial charge >= 0.3 is 5.63 Å². The third-order valence-electron chi connectivity index (χ3n) is 3.92. The minimum Gasteiger partial charge on any atom is -0.488 e. The molecule has 0 radical (unpaired) electrons. The standard InChI is InChI=1S/C17H18N6O5S/c1-9(5-6-18)19-16-21-22-17(29-16)20-14(25)11-8-10(13(27-2)15(26)28-11)23-7-3-4-12(23)24/h5-6,8H,3-4,7,18H2,1-2H3,(H,20,22,25). The van der Waals surface area contributed by atoms with Crippen LogP contribution in [0.15, 0.2) is 32.5 Å². The van der Waals surface area contributed by atoms with Crippen molar-refractivity contribution in [2.45, 2.75) is 19.8 Å². The van der Waals surface area contributed by atoms with E-state index in [1.807, 2.05) is 0 Å². The van der Waals surface area contributed by atoms with Crippen molar-refractivity contribution in [2.24, 2.45) is 10.7 Å². The summed E-state index contributed by atoms with van der Waals surface area (Å²) in [6, 6.07) is 1.30. The first-order valence-corrected chi connectivity index (χ1v) is 9.35. The molecule has 11 nitrogen and oxygen atoms in total. The molecule has 2 aromatic rings. The van der Waals surface area contributed by atoms with Crippen molar-refractivity contribution in [2.75, 3.05) is 23.9 Å². The summed E-state index contributed by atoms with van der Waals surface area (Å²) in [4.78, 5) is 42.4. The van der Waals surface area contributed by atoms with Crippen molar-refractivity contribution in [1.29, 1.82) is 0 Å². The number of hydrogen-bond donors (Lipinski definition) is 2. The van der Waals surface area contributed by atoms with Crippen LogP contribution in [-0.4, -0.2) is 41.4 Å². The zero-order chi connectivity index (χ0) is 21.0. The average Bonchev–Trinajstić information content (AvgIpc) is 3.29. The summed E-state index contributed by atoms with van der Waals surface area (Å²) in [6.07, 6.45) is 3.94. The number of methoxy groups -OCH3 is 1. The first-order chi connectivity index (χ1) is 13.9. The van der Waals surface area contributed by atoms with E-state index < -0.39 is 11.5 Å². The van der Waals surface area contributed by atoms with Crippen LogP contribution in [0.2, 0.25) is 0 Å². The highest BCUT2D eigenvalue weighted by Gasteiger charge is 2.28. The minimum atomic E-state index is -0.860. The van der Waals surface area contributed by atoms with Crippen LogP contribution >= 0.6 is 11.3 Å². The molecule has 1 fully saturated rings. The first kappa shape index (κ1) is 20.2. The monoisotopic (exact) mass is 418 g/mol. The number of amides is 2. The van der Waals surface area contributed by atoms with Gasteiger partial charge in [-0.1, -0.05) is 11.3 Å². The van der Waals surface area contributed by atoms with Crippen LogP contribution in [-0.2, 0) is 4.79 Å². The van der Waals surface area contributed by atoms with E-state index in [9.17, 15) is 14.4 Å². The van der Waals surface area contributed by atoms with E-state index in [1.54, 1.807) is 13.0 Å². The number of aromatic nitrogens is 2. The lowest BCUT2D eigenvalue weighted by atomic mass is 10.3. The number of anilines is 2. The summed E-state index contributed by atoms with van der Waals surface area (Å²) in [5.74, 6) is -1.29. The van der Waals surface area contributed by atoms with Gasteiger partial charge in [0, 0.05) is 24.7 Å². The average molecular weight is 418 g/mol. The van der Waals surface area contributed by atoms with Crippen molar-refractivity contribution in [3.63, 3.8) is 0 Å². The molecule has 2 aromatic heterocycles. The van der Waals surface area contributed by atoms with Crippen LogP contribution in [0.4, 0.5) is 16.0 Å². The molecule has 0 saturated carbocycles. The normalized spacial score (nSPS) is 14.6. The Morgan fingerprint density at radius 1 is 1.45 bits per heavy atom. The topological polar surface area (TPSA) is 153 Å². The molecule has 0 aliphatic carbocycles. The zero-order valence-corrected chi connectivity index (χ0v) is 16.5. The fourth-order valence-corrected chi connectivity index (χ4v) is 3.34. The van der Waals surface area contributed by atoms with E-state index in [4.69, 9.17) is 14.9 Å². The molecule has 0 unspecified atom stereocenters. The van der Waals surface area contributed by atoms with Crippen LogP contribution in [0.25, 0.3) is 0 Å². The summed E-state index contributed by atoms with van der Waals surface area (Å²) >= 11 is 1.03. The second kappa shape index (κ2) is 8.65. The molecule has 0 aromatic carbocycles. The highest BCUT2D eigenvalue weighted by molar-refractivity contribution is 7.18. The lowest BCUT2D eigenvalue weighted by Crippen LogP contribution is -2.27. The number of carbonyl (C=O) groups is 2. The Morgan fingerprint density at radius 3 is 2.90 bits per heavy atom. The predicted molar refractivity (Wildman–Crippen MR) is 107 cm³/mol. The summed E-state index contributed by atoms with van der Waals surface area (Å²) in [7, 11) is 1.29. The number of nitrogens with two attached hydrogens (primary N) is 1. The molecule has 12 heteroatoms. The third kappa shape index (κ3) is 4.48. The van der Waals surface area contributed by atoms with Crippen molar-refractivity contribution in [3.05, 3.63) is 34.5 Å². The Hall–Kier alpha value is -3.54. The van der Waals surface area contributed by atoms with Gasteiger partial charge in [-0.2, -0.15) is 0 Å². The van der Waals surface area contributed by atoms with Crippen LogP contribution in [0.3, 0.4) is 0 Å². The van der Waals surface area contributed by atoms with E-state index in [0.29, 0.717) is 30.2 Å². The number of allylic oxidation sites excluding steroid dienone is 1. The van der Waals surface area contributed by atoms with Gasteiger partial charge in [0.1, 0.15) is 0 Å². The van der Waals surface area contributed by atoms with E-state index in [0.717, 1.165) is 11.3 Å². The number of ether oxygens (including phenoxy) is 1. The van der Waals surface area contributed by atoms with Gasteiger partial charge in [0.15, 0.2) is 5.76 Å². The summed E-state index contributed by atoms with van der Waals surface area (Å²) < 4.78 is 10.1. The molecule has 0 spiro atoms. The molecule has 1 aliphatic heterocycles. The summed E-state index contributed by atoms with van der Waals surface area (Å²) in [6.45, 7) is 2.16. The van der Waals surface area contributed by atoms with Gasteiger partial charge in [0.05, 0.1) is 12.8 Å². The number of nitrogens with zero attached hydrogens (tertiary/aromatic N) is 4.